The minimum Gasteiger partial charge on any atom is -0.488 e. The third-order valence-corrected chi connectivity index (χ3v) is 8.89. The summed E-state index contributed by atoms with van der Waals surface area (Å²) in [7, 11) is 0. The molecule has 2 bridgehead atoms. The van der Waals surface area contributed by atoms with Crippen molar-refractivity contribution in [2.24, 2.45) is 5.92 Å². The number of aliphatic hydroxyl groups is 1. The zero-order chi connectivity index (χ0) is 22.0. The fourth-order valence-electron chi connectivity index (χ4n) is 5.06. The van der Waals surface area contributed by atoms with Gasteiger partial charge in [0.25, 0.3) is 0 Å². The van der Waals surface area contributed by atoms with Crippen LogP contribution in [-0.2, 0) is 15.1 Å². The van der Waals surface area contributed by atoms with Gasteiger partial charge < -0.3 is 19.1 Å². The van der Waals surface area contributed by atoms with E-state index in [0.717, 1.165) is 49.3 Å². The molecular weight excluding hydrogens is 442 g/mol. The highest BCUT2D eigenvalue weighted by Crippen LogP contribution is 2.40. The number of piperidine rings is 3. The fourth-order valence-corrected chi connectivity index (χ4v) is 6.77. The summed E-state index contributed by atoms with van der Waals surface area (Å²) in [6.07, 6.45) is 1.91. The van der Waals surface area contributed by atoms with Crippen LogP contribution in [0, 0.1) is 5.92 Å². The summed E-state index contributed by atoms with van der Waals surface area (Å²) in [6, 6.07) is 17.2. The lowest BCUT2D eigenvalue weighted by Gasteiger charge is -2.52. The first kappa shape index (κ1) is 21.6. The van der Waals surface area contributed by atoms with E-state index in [1.165, 1.54) is 22.7 Å². The second-order valence-corrected chi connectivity index (χ2v) is 10.7. The number of esters is 1. The van der Waals surface area contributed by atoms with Gasteiger partial charge in [-0.3, -0.25) is 0 Å². The molecule has 2 aromatic heterocycles. The van der Waals surface area contributed by atoms with Crippen LogP contribution in [-0.4, -0.2) is 54.4 Å². The van der Waals surface area contributed by atoms with Crippen molar-refractivity contribution in [1.29, 1.82) is 0 Å². The second-order valence-electron chi connectivity index (χ2n) is 8.80. The zero-order valence-corrected chi connectivity index (χ0v) is 19.5. The molecule has 3 aliphatic heterocycles. The maximum Gasteiger partial charge on any atom is 0.349 e. The maximum absolute atomic E-state index is 13.4. The molecule has 32 heavy (non-hydrogen) atoms. The number of thiophene rings is 2. The second kappa shape index (κ2) is 8.98. The van der Waals surface area contributed by atoms with E-state index in [0.29, 0.717) is 22.3 Å². The van der Waals surface area contributed by atoms with Crippen molar-refractivity contribution in [2.75, 3.05) is 32.8 Å². The lowest BCUT2D eigenvalue weighted by atomic mass is 9.83. The highest BCUT2D eigenvalue weighted by molar-refractivity contribution is 7.12. The standard InChI is InChI=1S/C25H28NO4S2/c27-24(25(28,22-8-4-16-31-22)23-9-5-17-32-23)30-21-18-26(12-10-19(21)11-13-26)14-15-29-20-6-2-1-3-7-20/h1-9,16-17,19,21,28H,10-15,18H2/q+1. The quantitative estimate of drug-likeness (QED) is 0.395. The number of hydrogen-bond acceptors (Lipinski definition) is 6. The maximum atomic E-state index is 13.4. The third-order valence-electron chi connectivity index (χ3n) is 6.93. The van der Waals surface area contributed by atoms with Gasteiger partial charge >= 0.3 is 5.97 Å². The predicted octanol–water partition coefficient (Wildman–Crippen LogP) is 4.28. The molecule has 7 heteroatoms. The van der Waals surface area contributed by atoms with Gasteiger partial charge in [-0.25, -0.2) is 4.79 Å². The molecule has 3 aliphatic rings. The highest BCUT2D eigenvalue weighted by Gasteiger charge is 2.51. The number of nitrogens with zero attached hydrogens (tertiary/aromatic N) is 1. The first-order valence-electron chi connectivity index (χ1n) is 11.1. The molecular formula is C25H28NO4S2+. The first-order chi connectivity index (χ1) is 15.6. The molecule has 5 heterocycles. The number of carbonyl (C=O) groups is 1. The van der Waals surface area contributed by atoms with Gasteiger partial charge in [0.15, 0.2) is 6.10 Å². The summed E-state index contributed by atoms with van der Waals surface area (Å²) < 4.78 is 13.0. The largest absolute Gasteiger partial charge is 0.488 e. The molecule has 168 valence electrons. The molecule has 3 fully saturated rings. The van der Waals surface area contributed by atoms with E-state index in [1.807, 2.05) is 53.2 Å². The highest BCUT2D eigenvalue weighted by atomic mass is 32.1. The van der Waals surface area contributed by atoms with E-state index in [9.17, 15) is 9.90 Å². The fraction of sp³-hybridized carbons (Fsp3) is 0.400. The van der Waals surface area contributed by atoms with Crippen molar-refractivity contribution in [1.82, 2.24) is 0 Å². The molecule has 1 unspecified atom stereocenters. The Bertz CT molecular complexity index is 977. The van der Waals surface area contributed by atoms with Crippen LogP contribution >= 0.6 is 22.7 Å². The molecule has 1 N–H and O–H groups in total. The molecule has 0 spiro atoms. The van der Waals surface area contributed by atoms with Gasteiger partial charge in [0.05, 0.1) is 22.8 Å². The summed E-state index contributed by atoms with van der Waals surface area (Å²) >= 11 is 2.75. The Morgan fingerprint density at radius 1 is 1.00 bits per heavy atom. The molecule has 3 aromatic rings. The lowest BCUT2D eigenvalue weighted by molar-refractivity contribution is -0.946. The minimum atomic E-state index is -1.74. The van der Waals surface area contributed by atoms with E-state index in [2.05, 4.69) is 0 Å². The van der Waals surface area contributed by atoms with Crippen LogP contribution in [0.2, 0.25) is 0 Å². The van der Waals surface area contributed by atoms with Crippen LogP contribution in [0.3, 0.4) is 0 Å². The van der Waals surface area contributed by atoms with Crippen molar-refractivity contribution in [3.8, 4) is 5.75 Å². The van der Waals surface area contributed by atoms with Crippen LogP contribution in [0.4, 0.5) is 0 Å². The van der Waals surface area contributed by atoms with Gasteiger partial charge in [-0.1, -0.05) is 30.3 Å². The predicted molar refractivity (Wildman–Crippen MR) is 126 cm³/mol. The summed E-state index contributed by atoms with van der Waals surface area (Å²) in [5, 5.41) is 15.3. The topological polar surface area (TPSA) is 55.8 Å². The SMILES string of the molecule is O=C(OC1C[N+]2(CCOc3ccccc3)CCC1CC2)C(O)(c1cccs1)c1cccs1. The van der Waals surface area contributed by atoms with Gasteiger partial charge in [-0.2, -0.15) is 0 Å². The number of carbonyl (C=O) groups excluding carboxylic acids is 1. The van der Waals surface area contributed by atoms with Crippen molar-refractivity contribution >= 4 is 28.6 Å². The number of para-hydroxylation sites is 1. The molecule has 0 aliphatic carbocycles. The minimum absolute atomic E-state index is 0.173. The molecule has 5 nitrogen and oxygen atoms in total. The van der Waals surface area contributed by atoms with Gasteiger partial charge in [0, 0.05) is 18.8 Å². The average Bonchev–Trinajstić information content (AvgIpc) is 3.55. The van der Waals surface area contributed by atoms with E-state index < -0.39 is 11.6 Å². The molecule has 0 amide bonds. The summed E-state index contributed by atoms with van der Waals surface area (Å²) in [5.74, 6) is 0.697. The Morgan fingerprint density at radius 3 is 2.25 bits per heavy atom. The number of hydrogen-bond donors (Lipinski definition) is 1. The monoisotopic (exact) mass is 470 g/mol. The summed E-state index contributed by atoms with van der Waals surface area (Å²) in [5.41, 5.74) is -1.74. The van der Waals surface area contributed by atoms with E-state index in [1.54, 1.807) is 12.1 Å². The Balaban J connectivity index is 1.28. The number of ether oxygens (including phenoxy) is 2. The molecule has 1 aromatic carbocycles. The molecule has 6 rings (SSSR count). The molecule has 0 radical (unpaired) electrons. The van der Waals surface area contributed by atoms with Gasteiger partial charge in [-0.15, -0.1) is 22.7 Å². The smallest absolute Gasteiger partial charge is 0.349 e. The molecule has 3 saturated heterocycles. The van der Waals surface area contributed by atoms with Crippen LogP contribution < -0.4 is 4.74 Å². The summed E-state index contributed by atoms with van der Waals surface area (Å²) in [4.78, 5) is 14.6. The zero-order valence-electron chi connectivity index (χ0n) is 17.9. The Kier molecular flexibility index (Phi) is 6.07. The lowest BCUT2D eigenvalue weighted by Crippen LogP contribution is -2.65. The normalized spacial score (nSPS) is 24.9. The Labute approximate surface area is 196 Å². The van der Waals surface area contributed by atoms with Crippen LogP contribution in [0.25, 0.3) is 0 Å². The molecule has 0 saturated carbocycles. The van der Waals surface area contributed by atoms with Crippen molar-refractivity contribution < 1.29 is 23.9 Å². The van der Waals surface area contributed by atoms with Crippen LogP contribution in [0.5, 0.6) is 5.75 Å². The number of quaternary nitrogens is 1. The van der Waals surface area contributed by atoms with Gasteiger partial charge in [0.2, 0.25) is 5.60 Å². The summed E-state index contributed by atoms with van der Waals surface area (Å²) in [6.45, 7) is 4.52. The Hall–Kier alpha value is -2.19. The van der Waals surface area contributed by atoms with Gasteiger partial charge in [-0.05, 0) is 35.0 Å². The van der Waals surface area contributed by atoms with Crippen molar-refractivity contribution in [3.05, 3.63) is 75.1 Å². The Morgan fingerprint density at radius 2 is 1.66 bits per heavy atom. The molecule has 1 atom stereocenters. The van der Waals surface area contributed by atoms with E-state index >= 15 is 0 Å². The van der Waals surface area contributed by atoms with Crippen LogP contribution in [0.1, 0.15) is 22.6 Å². The number of fused-ring (bicyclic) bond motifs is 3. The number of benzene rings is 1. The van der Waals surface area contributed by atoms with Crippen molar-refractivity contribution in [2.45, 2.75) is 24.5 Å². The van der Waals surface area contributed by atoms with Gasteiger partial charge in [0.1, 0.15) is 25.4 Å². The number of rotatable bonds is 8. The van der Waals surface area contributed by atoms with Crippen molar-refractivity contribution in [3.63, 3.8) is 0 Å². The third kappa shape index (κ3) is 4.10. The van der Waals surface area contributed by atoms with Crippen LogP contribution in [0.15, 0.2) is 65.4 Å². The average molecular weight is 471 g/mol. The van der Waals surface area contributed by atoms with E-state index in [-0.39, 0.29) is 6.10 Å². The van der Waals surface area contributed by atoms with E-state index in [4.69, 9.17) is 9.47 Å². The first-order valence-corrected chi connectivity index (χ1v) is 12.9.